The van der Waals surface area contributed by atoms with Crippen molar-refractivity contribution in [2.75, 3.05) is 5.75 Å². The topological polar surface area (TPSA) is 72.7 Å². The van der Waals surface area contributed by atoms with Crippen LogP contribution >= 0.6 is 11.8 Å². The molecule has 1 aromatic heterocycles. The summed E-state index contributed by atoms with van der Waals surface area (Å²) in [5.74, 6) is 0.350. The molecule has 0 aliphatic heterocycles. The number of tetrazole rings is 1. The van der Waals surface area contributed by atoms with Crippen LogP contribution in [-0.4, -0.2) is 37.9 Å². The number of hydrogen-bond acceptors (Lipinski definition) is 5. The summed E-state index contributed by atoms with van der Waals surface area (Å²) in [5, 5.41) is 14.9. The van der Waals surface area contributed by atoms with Gasteiger partial charge in [-0.2, -0.15) is 0 Å². The third-order valence-electron chi connectivity index (χ3n) is 2.78. The SMILES string of the molecule is C=CCn1nnnc1SCC(=O)NC(C)CCCCC. The van der Waals surface area contributed by atoms with Gasteiger partial charge in [-0.05, 0) is 23.8 Å². The maximum atomic E-state index is 11.8. The molecule has 1 amide bonds. The van der Waals surface area contributed by atoms with E-state index in [1.54, 1.807) is 10.8 Å². The molecule has 0 bridgehead atoms. The molecule has 1 atom stereocenters. The van der Waals surface area contributed by atoms with E-state index in [4.69, 9.17) is 0 Å². The van der Waals surface area contributed by atoms with Crippen LogP contribution in [0.15, 0.2) is 17.8 Å². The van der Waals surface area contributed by atoms with Crippen molar-refractivity contribution < 1.29 is 4.79 Å². The zero-order valence-corrected chi connectivity index (χ0v) is 13.0. The van der Waals surface area contributed by atoms with E-state index in [9.17, 15) is 4.79 Å². The smallest absolute Gasteiger partial charge is 0.230 e. The highest BCUT2D eigenvalue weighted by Crippen LogP contribution is 2.13. The summed E-state index contributed by atoms with van der Waals surface area (Å²) in [5.41, 5.74) is 0. The van der Waals surface area contributed by atoms with Crippen LogP contribution in [0.1, 0.15) is 39.5 Å². The van der Waals surface area contributed by atoms with Crippen molar-refractivity contribution in [3.8, 4) is 0 Å². The molecule has 1 unspecified atom stereocenters. The Morgan fingerprint density at radius 1 is 1.55 bits per heavy atom. The van der Waals surface area contributed by atoms with E-state index in [1.807, 2.05) is 6.92 Å². The Morgan fingerprint density at radius 3 is 3.05 bits per heavy atom. The van der Waals surface area contributed by atoms with Crippen LogP contribution in [-0.2, 0) is 11.3 Å². The zero-order valence-electron chi connectivity index (χ0n) is 12.2. The molecule has 0 aromatic carbocycles. The molecule has 0 saturated heterocycles. The van der Waals surface area contributed by atoms with E-state index in [0.29, 0.717) is 17.5 Å². The fourth-order valence-electron chi connectivity index (χ4n) is 1.76. The van der Waals surface area contributed by atoms with Crippen LogP contribution in [0, 0.1) is 0 Å². The van der Waals surface area contributed by atoms with Crippen molar-refractivity contribution in [3.05, 3.63) is 12.7 Å². The van der Waals surface area contributed by atoms with Gasteiger partial charge in [-0.25, -0.2) is 4.68 Å². The Kier molecular flexibility index (Phi) is 7.94. The van der Waals surface area contributed by atoms with Gasteiger partial charge in [-0.15, -0.1) is 11.7 Å². The average molecular weight is 297 g/mol. The predicted octanol–water partition coefficient (Wildman–Crippen LogP) is 2.04. The van der Waals surface area contributed by atoms with Gasteiger partial charge >= 0.3 is 0 Å². The molecule has 1 rings (SSSR count). The normalized spacial score (nSPS) is 12.1. The van der Waals surface area contributed by atoms with Gasteiger partial charge in [0.1, 0.15) is 0 Å². The molecule has 0 saturated carbocycles. The molecule has 1 aromatic rings. The molecule has 7 heteroatoms. The van der Waals surface area contributed by atoms with Gasteiger partial charge in [-0.1, -0.05) is 44.0 Å². The first-order valence-electron chi connectivity index (χ1n) is 6.96. The fraction of sp³-hybridized carbons (Fsp3) is 0.692. The molecule has 0 aliphatic rings. The number of aromatic nitrogens is 4. The van der Waals surface area contributed by atoms with Gasteiger partial charge in [0.25, 0.3) is 0 Å². The van der Waals surface area contributed by atoms with Crippen molar-refractivity contribution >= 4 is 17.7 Å². The van der Waals surface area contributed by atoms with Crippen molar-refractivity contribution in [2.24, 2.45) is 0 Å². The lowest BCUT2D eigenvalue weighted by atomic mass is 10.1. The number of carbonyl (C=O) groups is 1. The largest absolute Gasteiger partial charge is 0.353 e. The van der Waals surface area contributed by atoms with Crippen molar-refractivity contribution in [1.29, 1.82) is 0 Å². The number of nitrogens with one attached hydrogen (secondary N) is 1. The minimum absolute atomic E-state index is 0.0205. The Bertz CT molecular complexity index is 421. The molecule has 112 valence electrons. The number of hydrogen-bond donors (Lipinski definition) is 1. The first kappa shape index (κ1) is 16.7. The first-order valence-corrected chi connectivity index (χ1v) is 7.95. The molecule has 0 radical (unpaired) electrons. The molecular weight excluding hydrogens is 274 g/mol. The van der Waals surface area contributed by atoms with Gasteiger partial charge in [0.05, 0.1) is 12.3 Å². The van der Waals surface area contributed by atoms with E-state index in [-0.39, 0.29) is 11.9 Å². The molecular formula is C13H23N5OS. The monoisotopic (exact) mass is 297 g/mol. The molecule has 20 heavy (non-hydrogen) atoms. The zero-order chi connectivity index (χ0) is 14.8. The number of rotatable bonds is 10. The van der Waals surface area contributed by atoms with Gasteiger partial charge in [-0.3, -0.25) is 4.79 Å². The number of amides is 1. The summed E-state index contributed by atoms with van der Waals surface area (Å²) in [6, 6.07) is 0.221. The highest BCUT2D eigenvalue weighted by molar-refractivity contribution is 7.99. The Morgan fingerprint density at radius 2 is 2.35 bits per heavy atom. The second kappa shape index (κ2) is 9.52. The lowest BCUT2D eigenvalue weighted by Gasteiger charge is -2.13. The second-order valence-corrected chi connectivity index (χ2v) is 5.63. The van der Waals surface area contributed by atoms with Crippen LogP contribution < -0.4 is 5.32 Å². The van der Waals surface area contributed by atoms with E-state index in [0.717, 1.165) is 12.8 Å². The summed E-state index contributed by atoms with van der Waals surface area (Å²) >= 11 is 1.34. The van der Waals surface area contributed by atoms with Crippen molar-refractivity contribution in [2.45, 2.75) is 57.3 Å². The standard InChI is InChI=1S/C13H23N5OS/c1-4-6-7-8-11(3)14-12(19)10-20-13-15-16-17-18(13)9-5-2/h5,11H,2,4,6-10H2,1,3H3,(H,14,19). The molecule has 0 spiro atoms. The lowest BCUT2D eigenvalue weighted by molar-refractivity contribution is -0.119. The maximum absolute atomic E-state index is 11.8. The van der Waals surface area contributed by atoms with E-state index < -0.39 is 0 Å². The number of thioether (sulfide) groups is 1. The number of nitrogens with zero attached hydrogens (tertiary/aromatic N) is 4. The van der Waals surface area contributed by atoms with E-state index in [1.165, 1.54) is 24.6 Å². The van der Waals surface area contributed by atoms with Crippen LogP contribution in [0.2, 0.25) is 0 Å². The molecule has 0 aliphatic carbocycles. The third-order valence-corrected chi connectivity index (χ3v) is 3.74. The summed E-state index contributed by atoms with van der Waals surface area (Å²) < 4.78 is 1.62. The van der Waals surface area contributed by atoms with Crippen LogP contribution in [0.4, 0.5) is 0 Å². The summed E-state index contributed by atoms with van der Waals surface area (Å²) in [7, 11) is 0. The Balaban J connectivity index is 2.28. The lowest BCUT2D eigenvalue weighted by Crippen LogP contribution is -2.33. The van der Waals surface area contributed by atoms with Crippen LogP contribution in [0.5, 0.6) is 0 Å². The van der Waals surface area contributed by atoms with Gasteiger partial charge in [0, 0.05) is 6.04 Å². The third kappa shape index (κ3) is 6.18. The van der Waals surface area contributed by atoms with Gasteiger partial charge in [0.15, 0.2) is 0 Å². The highest BCUT2D eigenvalue weighted by Gasteiger charge is 2.11. The van der Waals surface area contributed by atoms with Gasteiger partial charge < -0.3 is 5.32 Å². The molecule has 6 nitrogen and oxygen atoms in total. The minimum atomic E-state index is 0.0205. The quantitative estimate of drug-likeness (QED) is 0.406. The molecule has 0 fully saturated rings. The Labute approximate surface area is 124 Å². The maximum Gasteiger partial charge on any atom is 0.230 e. The molecule has 1 heterocycles. The van der Waals surface area contributed by atoms with E-state index >= 15 is 0 Å². The van der Waals surface area contributed by atoms with E-state index in [2.05, 4.69) is 34.3 Å². The minimum Gasteiger partial charge on any atom is -0.353 e. The number of allylic oxidation sites excluding steroid dienone is 1. The van der Waals surface area contributed by atoms with Gasteiger partial charge in [0.2, 0.25) is 11.1 Å². The number of unbranched alkanes of at least 4 members (excludes halogenated alkanes) is 2. The summed E-state index contributed by atoms with van der Waals surface area (Å²) in [4.78, 5) is 11.8. The Hall–Kier alpha value is -1.37. The van der Waals surface area contributed by atoms with Crippen molar-refractivity contribution in [3.63, 3.8) is 0 Å². The predicted molar refractivity (Wildman–Crippen MR) is 80.5 cm³/mol. The highest BCUT2D eigenvalue weighted by atomic mass is 32.2. The number of carbonyl (C=O) groups excluding carboxylic acids is 1. The molecule has 1 N–H and O–H groups in total. The van der Waals surface area contributed by atoms with Crippen LogP contribution in [0.3, 0.4) is 0 Å². The first-order chi connectivity index (χ1) is 9.67. The van der Waals surface area contributed by atoms with Crippen molar-refractivity contribution in [1.82, 2.24) is 25.5 Å². The van der Waals surface area contributed by atoms with Crippen LogP contribution in [0.25, 0.3) is 0 Å². The average Bonchev–Trinajstić information content (AvgIpc) is 2.84. The summed E-state index contributed by atoms with van der Waals surface area (Å²) in [6.07, 6.45) is 6.31. The second-order valence-electron chi connectivity index (χ2n) is 4.69. The summed E-state index contributed by atoms with van der Waals surface area (Å²) in [6.45, 7) is 8.40. The fourth-order valence-corrected chi connectivity index (χ4v) is 2.45.